The van der Waals surface area contributed by atoms with Gasteiger partial charge < -0.3 is 4.42 Å². The van der Waals surface area contributed by atoms with Gasteiger partial charge in [0.25, 0.3) is 0 Å². The number of halogens is 2. The minimum Gasteiger partial charge on any atom is -0.468 e. The summed E-state index contributed by atoms with van der Waals surface area (Å²) in [4.78, 5) is 12.3. The van der Waals surface area contributed by atoms with Crippen molar-refractivity contribution in [2.24, 2.45) is 5.10 Å². The number of rotatable bonds is 9. The molecule has 3 rings (SSSR count). The molecule has 3 aromatic rings. The number of nitrogens with one attached hydrogen (secondary N) is 1. The Labute approximate surface area is 190 Å². The average Bonchev–Trinajstić information content (AvgIpc) is 3.26. The van der Waals surface area contributed by atoms with Gasteiger partial charge in [-0.3, -0.25) is 4.79 Å². The number of hydrazone groups is 1. The van der Waals surface area contributed by atoms with Crippen LogP contribution in [-0.4, -0.2) is 31.4 Å². The third kappa shape index (κ3) is 6.67. The monoisotopic (exact) mass is 479 g/mol. The maximum absolute atomic E-state index is 13.1. The Kier molecular flexibility index (Phi) is 7.86. The van der Waals surface area contributed by atoms with E-state index in [0.717, 1.165) is 5.56 Å². The van der Waals surface area contributed by atoms with E-state index in [9.17, 15) is 13.2 Å². The first-order valence-electron chi connectivity index (χ1n) is 9.20. The molecule has 1 amide bonds. The lowest BCUT2D eigenvalue weighted by Gasteiger charge is -2.21. The summed E-state index contributed by atoms with van der Waals surface area (Å²) in [5.41, 5.74) is 3.15. The molecule has 1 aromatic heterocycles. The van der Waals surface area contributed by atoms with Crippen LogP contribution in [0.3, 0.4) is 0 Å². The zero-order valence-electron chi connectivity index (χ0n) is 16.2. The van der Waals surface area contributed by atoms with E-state index in [-0.39, 0.29) is 24.4 Å². The zero-order chi connectivity index (χ0) is 22.3. The van der Waals surface area contributed by atoms with Crippen LogP contribution in [0.25, 0.3) is 0 Å². The quantitative estimate of drug-likeness (QED) is 0.365. The molecule has 0 atom stereocenters. The van der Waals surface area contributed by atoms with Crippen LogP contribution < -0.4 is 5.43 Å². The van der Waals surface area contributed by atoms with Crippen molar-refractivity contribution >= 4 is 45.3 Å². The SMILES string of the molecule is O=C(CCN(Cc1ccco1)S(=O)(=O)c1ccc(Cl)cc1)NN=Cc1ccc(Cl)cc1. The van der Waals surface area contributed by atoms with Crippen LogP contribution >= 0.6 is 23.2 Å². The number of furan rings is 1. The Hall–Kier alpha value is -2.65. The number of hydrogen-bond donors (Lipinski definition) is 1. The van der Waals surface area contributed by atoms with Crippen molar-refractivity contribution in [1.29, 1.82) is 0 Å². The highest BCUT2D eigenvalue weighted by Gasteiger charge is 2.26. The number of benzene rings is 2. The molecular formula is C21H19Cl2N3O4S. The highest BCUT2D eigenvalue weighted by Crippen LogP contribution is 2.21. The Balaban J connectivity index is 1.66. The predicted molar refractivity (Wildman–Crippen MR) is 120 cm³/mol. The number of hydrogen-bond acceptors (Lipinski definition) is 5. The lowest BCUT2D eigenvalue weighted by molar-refractivity contribution is -0.121. The molecule has 0 unspecified atom stereocenters. The van der Waals surface area contributed by atoms with Gasteiger partial charge in [-0.15, -0.1) is 0 Å². The van der Waals surface area contributed by atoms with Crippen LogP contribution in [0.5, 0.6) is 0 Å². The summed E-state index contributed by atoms with van der Waals surface area (Å²) >= 11 is 11.7. The van der Waals surface area contributed by atoms with Gasteiger partial charge in [-0.05, 0) is 54.1 Å². The molecule has 0 spiro atoms. The van der Waals surface area contributed by atoms with Gasteiger partial charge in [0, 0.05) is 23.0 Å². The molecule has 0 radical (unpaired) electrons. The highest BCUT2D eigenvalue weighted by molar-refractivity contribution is 7.89. The molecule has 0 fully saturated rings. The number of carbonyl (C=O) groups is 1. The minimum atomic E-state index is -3.87. The van der Waals surface area contributed by atoms with Gasteiger partial charge in [-0.1, -0.05) is 35.3 Å². The summed E-state index contributed by atoms with van der Waals surface area (Å²) in [6.07, 6.45) is 2.84. The Morgan fingerprint density at radius 1 is 1.03 bits per heavy atom. The third-order valence-corrected chi connectivity index (χ3v) is 6.59. The number of sulfonamides is 1. The van der Waals surface area contributed by atoms with Gasteiger partial charge in [-0.25, -0.2) is 13.8 Å². The lowest BCUT2D eigenvalue weighted by atomic mass is 10.2. The maximum Gasteiger partial charge on any atom is 0.243 e. The van der Waals surface area contributed by atoms with Crippen molar-refractivity contribution in [1.82, 2.24) is 9.73 Å². The van der Waals surface area contributed by atoms with Crippen molar-refractivity contribution < 1.29 is 17.6 Å². The van der Waals surface area contributed by atoms with Crippen LogP contribution in [0.1, 0.15) is 17.7 Å². The first-order chi connectivity index (χ1) is 14.8. The third-order valence-electron chi connectivity index (χ3n) is 4.22. The molecule has 7 nitrogen and oxygen atoms in total. The van der Waals surface area contributed by atoms with Crippen molar-refractivity contribution in [2.45, 2.75) is 17.9 Å². The normalized spacial score (nSPS) is 11.8. The molecule has 162 valence electrons. The topological polar surface area (TPSA) is 92.0 Å². The standard InChI is InChI=1S/C21H19Cl2N3O4S/c22-17-5-3-16(4-6-17)14-24-25-21(27)11-12-26(15-19-2-1-13-30-19)31(28,29)20-9-7-18(23)8-10-20/h1-10,13-14H,11-12,15H2,(H,25,27). The predicted octanol–water partition coefficient (Wildman–Crippen LogP) is 4.32. The van der Waals surface area contributed by atoms with E-state index in [0.29, 0.717) is 15.8 Å². The molecule has 0 aliphatic heterocycles. The van der Waals surface area contributed by atoms with Gasteiger partial charge in [0.05, 0.1) is 23.9 Å². The number of amides is 1. The first-order valence-corrected chi connectivity index (χ1v) is 11.4. The zero-order valence-corrected chi connectivity index (χ0v) is 18.6. The molecule has 2 aromatic carbocycles. The van der Waals surface area contributed by atoms with Crippen LogP contribution in [0.2, 0.25) is 10.0 Å². The summed E-state index contributed by atoms with van der Waals surface area (Å²) in [6.45, 7) is -0.0762. The van der Waals surface area contributed by atoms with Gasteiger partial charge >= 0.3 is 0 Å². The second kappa shape index (κ2) is 10.6. The van der Waals surface area contributed by atoms with Gasteiger partial charge in [0.2, 0.25) is 15.9 Å². The molecule has 10 heteroatoms. The summed E-state index contributed by atoms with van der Waals surface area (Å²) in [7, 11) is -3.87. The Bertz CT molecular complexity index is 1130. The number of carbonyl (C=O) groups excluding carboxylic acids is 1. The van der Waals surface area contributed by atoms with E-state index in [1.54, 1.807) is 36.4 Å². The van der Waals surface area contributed by atoms with Gasteiger partial charge in [0.1, 0.15) is 5.76 Å². The molecule has 31 heavy (non-hydrogen) atoms. The van der Waals surface area contributed by atoms with Gasteiger partial charge in [0.15, 0.2) is 0 Å². The first kappa shape index (κ1) is 23.0. The van der Waals surface area contributed by atoms with E-state index in [2.05, 4.69) is 10.5 Å². The highest BCUT2D eigenvalue weighted by atomic mass is 35.5. The van der Waals surface area contributed by atoms with E-state index in [4.69, 9.17) is 27.6 Å². The second-order valence-corrected chi connectivity index (χ2v) is 9.28. The summed E-state index contributed by atoms with van der Waals surface area (Å²) in [5.74, 6) is 0.0275. The fraction of sp³-hybridized carbons (Fsp3) is 0.143. The summed E-state index contributed by atoms with van der Waals surface area (Å²) < 4.78 is 32.6. The van der Waals surface area contributed by atoms with Crippen molar-refractivity contribution in [3.05, 3.63) is 88.3 Å². The van der Waals surface area contributed by atoms with E-state index in [1.807, 2.05) is 0 Å². The molecule has 1 N–H and O–H groups in total. The largest absolute Gasteiger partial charge is 0.468 e. The molecule has 0 saturated carbocycles. The van der Waals surface area contributed by atoms with Gasteiger partial charge in [-0.2, -0.15) is 9.41 Å². The Morgan fingerprint density at radius 2 is 1.68 bits per heavy atom. The van der Waals surface area contributed by atoms with E-state index >= 15 is 0 Å². The molecule has 1 heterocycles. The van der Waals surface area contributed by atoms with Crippen LogP contribution in [-0.2, 0) is 21.4 Å². The van der Waals surface area contributed by atoms with Crippen LogP contribution in [0, 0.1) is 0 Å². The minimum absolute atomic E-state index is 0.0146. The fourth-order valence-electron chi connectivity index (χ4n) is 2.63. The smallest absolute Gasteiger partial charge is 0.243 e. The molecule has 0 bridgehead atoms. The summed E-state index contributed by atoms with van der Waals surface area (Å²) in [6, 6.07) is 16.1. The number of nitrogens with zero attached hydrogens (tertiary/aromatic N) is 2. The average molecular weight is 480 g/mol. The second-order valence-electron chi connectivity index (χ2n) is 6.47. The molecular weight excluding hydrogens is 461 g/mol. The lowest BCUT2D eigenvalue weighted by Crippen LogP contribution is -2.34. The van der Waals surface area contributed by atoms with Crippen molar-refractivity contribution in [3.63, 3.8) is 0 Å². The molecule has 0 aliphatic rings. The van der Waals surface area contributed by atoms with Crippen LogP contribution in [0.4, 0.5) is 0 Å². The van der Waals surface area contributed by atoms with Crippen LogP contribution in [0.15, 0.2) is 81.3 Å². The molecule has 0 saturated heterocycles. The molecule has 0 aliphatic carbocycles. The van der Waals surface area contributed by atoms with E-state index < -0.39 is 15.9 Å². The van der Waals surface area contributed by atoms with E-state index in [1.165, 1.54) is 41.0 Å². The Morgan fingerprint density at radius 3 is 2.29 bits per heavy atom. The summed E-state index contributed by atoms with van der Waals surface area (Å²) in [5, 5.41) is 4.91. The fourth-order valence-corrected chi connectivity index (χ4v) is 4.28. The maximum atomic E-state index is 13.1. The van der Waals surface area contributed by atoms with Crippen molar-refractivity contribution in [3.8, 4) is 0 Å². The van der Waals surface area contributed by atoms with Crippen molar-refractivity contribution in [2.75, 3.05) is 6.54 Å².